The summed E-state index contributed by atoms with van der Waals surface area (Å²) in [7, 11) is 0. The van der Waals surface area contributed by atoms with Gasteiger partial charge in [-0.15, -0.1) is 0 Å². The molecule has 1 aliphatic rings. The Morgan fingerprint density at radius 2 is 2.10 bits per heavy atom. The minimum Gasteiger partial charge on any atom is -0.477 e. The number of nitro benzene ring substituents is 1. The van der Waals surface area contributed by atoms with Gasteiger partial charge in [-0.25, -0.2) is 4.79 Å². The molecule has 0 aliphatic heterocycles. The molecule has 2 rings (SSSR count). The van der Waals surface area contributed by atoms with Gasteiger partial charge in [-0.2, -0.15) is 0 Å². The minimum absolute atomic E-state index is 0.000391. The number of carboxylic acids is 1. The van der Waals surface area contributed by atoms with Crippen molar-refractivity contribution in [3.05, 3.63) is 39.4 Å². The number of hydrogen-bond acceptors (Lipinski definition) is 4. The summed E-state index contributed by atoms with van der Waals surface area (Å²) in [5.74, 6) is -1.26. The standard InChI is InChI=1S/C14H18N2O4/c1-14(7-2-3-8-14)15-9-10-5-4-6-11(16(19)20)12(10)13(17)18/h4-6,15H,2-3,7-9H2,1H3,(H,17,18). The van der Waals surface area contributed by atoms with E-state index in [4.69, 9.17) is 0 Å². The zero-order valence-electron chi connectivity index (χ0n) is 11.4. The van der Waals surface area contributed by atoms with Crippen molar-refractivity contribution < 1.29 is 14.8 Å². The Labute approximate surface area is 117 Å². The number of hydrogen-bond donors (Lipinski definition) is 2. The number of carboxylic acid groups (broad SMARTS) is 1. The first kappa shape index (κ1) is 14.5. The Hall–Kier alpha value is -1.95. The molecular weight excluding hydrogens is 260 g/mol. The molecule has 1 fully saturated rings. The highest BCUT2D eigenvalue weighted by Gasteiger charge is 2.29. The average Bonchev–Trinajstić information content (AvgIpc) is 2.83. The molecule has 0 amide bonds. The molecule has 0 bridgehead atoms. The summed E-state index contributed by atoms with van der Waals surface area (Å²) >= 11 is 0. The predicted octanol–water partition coefficient (Wildman–Crippen LogP) is 2.72. The second kappa shape index (κ2) is 5.58. The number of rotatable bonds is 5. The summed E-state index contributed by atoms with van der Waals surface area (Å²) < 4.78 is 0. The van der Waals surface area contributed by atoms with E-state index >= 15 is 0 Å². The van der Waals surface area contributed by atoms with Crippen LogP contribution in [-0.4, -0.2) is 21.5 Å². The fourth-order valence-electron chi connectivity index (χ4n) is 2.77. The summed E-state index contributed by atoms with van der Waals surface area (Å²) in [4.78, 5) is 21.6. The second-order valence-corrected chi connectivity index (χ2v) is 5.49. The van der Waals surface area contributed by atoms with E-state index in [1.165, 1.54) is 12.1 Å². The first-order valence-electron chi connectivity index (χ1n) is 6.67. The van der Waals surface area contributed by atoms with Crippen LogP contribution in [0.25, 0.3) is 0 Å². The van der Waals surface area contributed by atoms with E-state index in [1.54, 1.807) is 6.07 Å². The molecule has 0 radical (unpaired) electrons. The Morgan fingerprint density at radius 1 is 1.45 bits per heavy atom. The Balaban J connectivity index is 2.25. The SMILES string of the molecule is CC1(NCc2cccc([N+](=O)[O-])c2C(=O)O)CCCC1. The number of nitrogens with zero attached hydrogens (tertiary/aromatic N) is 1. The molecule has 0 aromatic heterocycles. The molecule has 108 valence electrons. The van der Waals surface area contributed by atoms with Crippen LogP contribution in [0, 0.1) is 10.1 Å². The van der Waals surface area contributed by atoms with Crippen molar-refractivity contribution in [3.8, 4) is 0 Å². The molecule has 1 aromatic rings. The maximum atomic E-state index is 11.3. The lowest BCUT2D eigenvalue weighted by Gasteiger charge is -2.25. The van der Waals surface area contributed by atoms with Gasteiger partial charge in [-0.3, -0.25) is 10.1 Å². The Bertz CT molecular complexity index is 536. The van der Waals surface area contributed by atoms with Gasteiger partial charge in [0.15, 0.2) is 0 Å². The zero-order valence-corrected chi connectivity index (χ0v) is 11.4. The van der Waals surface area contributed by atoms with Crippen LogP contribution in [0.4, 0.5) is 5.69 Å². The van der Waals surface area contributed by atoms with Crippen molar-refractivity contribution >= 4 is 11.7 Å². The molecule has 1 aromatic carbocycles. The van der Waals surface area contributed by atoms with Crippen LogP contribution in [-0.2, 0) is 6.54 Å². The fourth-order valence-corrected chi connectivity index (χ4v) is 2.77. The quantitative estimate of drug-likeness (QED) is 0.638. The monoisotopic (exact) mass is 278 g/mol. The summed E-state index contributed by atoms with van der Waals surface area (Å²) in [6, 6.07) is 4.38. The highest BCUT2D eigenvalue weighted by atomic mass is 16.6. The zero-order chi connectivity index (χ0) is 14.8. The highest BCUT2D eigenvalue weighted by Crippen LogP contribution is 2.30. The molecule has 0 atom stereocenters. The summed E-state index contributed by atoms with van der Waals surface area (Å²) in [5, 5.41) is 23.5. The largest absolute Gasteiger partial charge is 0.477 e. The molecule has 2 N–H and O–H groups in total. The maximum Gasteiger partial charge on any atom is 0.343 e. The first-order chi connectivity index (χ1) is 9.43. The topological polar surface area (TPSA) is 92.5 Å². The maximum absolute atomic E-state index is 11.3. The van der Waals surface area contributed by atoms with Gasteiger partial charge in [-0.05, 0) is 25.3 Å². The van der Waals surface area contributed by atoms with Gasteiger partial charge < -0.3 is 10.4 Å². The van der Waals surface area contributed by atoms with Crippen LogP contribution in [0.2, 0.25) is 0 Å². The van der Waals surface area contributed by atoms with E-state index in [0.29, 0.717) is 12.1 Å². The van der Waals surface area contributed by atoms with Gasteiger partial charge in [0.25, 0.3) is 5.69 Å². The average molecular weight is 278 g/mol. The van der Waals surface area contributed by atoms with E-state index in [0.717, 1.165) is 25.7 Å². The molecule has 0 unspecified atom stereocenters. The summed E-state index contributed by atoms with van der Waals surface area (Å²) in [6.45, 7) is 2.44. The lowest BCUT2D eigenvalue weighted by molar-refractivity contribution is -0.385. The van der Waals surface area contributed by atoms with Crippen LogP contribution in [0.3, 0.4) is 0 Å². The third-order valence-corrected chi connectivity index (χ3v) is 3.95. The van der Waals surface area contributed by atoms with Crippen LogP contribution < -0.4 is 5.32 Å². The summed E-state index contributed by atoms with van der Waals surface area (Å²) in [5.41, 5.74) is -0.111. The number of carbonyl (C=O) groups is 1. The Morgan fingerprint density at radius 3 is 2.65 bits per heavy atom. The number of benzene rings is 1. The third-order valence-electron chi connectivity index (χ3n) is 3.95. The normalized spacial score (nSPS) is 17.1. The lowest BCUT2D eigenvalue weighted by Crippen LogP contribution is -2.39. The van der Waals surface area contributed by atoms with Gasteiger partial charge >= 0.3 is 5.97 Å². The van der Waals surface area contributed by atoms with Crippen molar-refractivity contribution in [2.24, 2.45) is 0 Å². The smallest absolute Gasteiger partial charge is 0.343 e. The van der Waals surface area contributed by atoms with Gasteiger partial charge in [0.05, 0.1) is 4.92 Å². The predicted molar refractivity (Wildman–Crippen MR) is 73.8 cm³/mol. The van der Waals surface area contributed by atoms with E-state index in [2.05, 4.69) is 12.2 Å². The minimum atomic E-state index is -1.26. The fraction of sp³-hybridized carbons (Fsp3) is 0.500. The summed E-state index contributed by atoms with van der Waals surface area (Å²) in [6.07, 6.45) is 4.41. The molecule has 0 spiro atoms. The van der Waals surface area contributed by atoms with E-state index in [1.807, 2.05) is 0 Å². The molecule has 0 heterocycles. The molecule has 6 heteroatoms. The number of nitrogens with one attached hydrogen (secondary N) is 1. The van der Waals surface area contributed by atoms with E-state index < -0.39 is 10.9 Å². The van der Waals surface area contributed by atoms with Crippen molar-refractivity contribution in [1.82, 2.24) is 5.32 Å². The van der Waals surface area contributed by atoms with Gasteiger partial charge in [0, 0.05) is 18.2 Å². The second-order valence-electron chi connectivity index (χ2n) is 5.49. The van der Waals surface area contributed by atoms with Crippen LogP contribution in [0.15, 0.2) is 18.2 Å². The van der Waals surface area contributed by atoms with Crippen molar-refractivity contribution in [2.75, 3.05) is 0 Å². The van der Waals surface area contributed by atoms with Crippen LogP contribution in [0.1, 0.15) is 48.5 Å². The molecule has 20 heavy (non-hydrogen) atoms. The van der Waals surface area contributed by atoms with Gasteiger partial charge in [0.1, 0.15) is 5.56 Å². The first-order valence-corrected chi connectivity index (χ1v) is 6.67. The van der Waals surface area contributed by atoms with Crippen molar-refractivity contribution in [1.29, 1.82) is 0 Å². The molecule has 1 aliphatic carbocycles. The van der Waals surface area contributed by atoms with E-state index in [9.17, 15) is 20.0 Å². The van der Waals surface area contributed by atoms with Crippen molar-refractivity contribution in [2.45, 2.75) is 44.7 Å². The third kappa shape index (κ3) is 2.96. The number of nitro groups is 1. The van der Waals surface area contributed by atoms with Crippen LogP contribution in [0.5, 0.6) is 0 Å². The molecule has 0 saturated heterocycles. The van der Waals surface area contributed by atoms with E-state index in [-0.39, 0.29) is 16.8 Å². The highest BCUT2D eigenvalue weighted by molar-refractivity contribution is 5.94. The lowest BCUT2D eigenvalue weighted by atomic mass is 9.99. The Kier molecular flexibility index (Phi) is 4.04. The number of aromatic carboxylic acids is 1. The molecule has 1 saturated carbocycles. The van der Waals surface area contributed by atoms with Crippen molar-refractivity contribution in [3.63, 3.8) is 0 Å². The molecular formula is C14H18N2O4. The van der Waals surface area contributed by atoms with Gasteiger partial charge in [0.2, 0.25) is 0 Å². The van der Waals surface area contributed by atoms with Gasteiger partial charge in [-0.1, -0.05) is 25.0 Å². The molecule has 6 nitrogen and oxygen atoms in total. The van der Waals surface area contributed by atoms with Crippen LogP contribution >= 0.6 is 0 Å².